The lowest BCUT2D eigenvalue weighted by molar-refractivity contribution is 0.131. The minimum Gasteiger partial charge on any atom is -0.409 e. The molecule has 0 amide bonds. The van der Waals surface area contributed by atoms with Gasteiger partial charge in [0.25, 0.3) is 0 Å². The Morgan fingerprint density at radius 1 is 1.60 bits per heavy atom. The second-order valence-corrected chi connectivity index (χ2v) is 4.15. The van der Waals surface area contributed by atoms with Crippen LogP contribution in [0.5, 0.6) is 0 Å². The first-order valence-corrected chi connectivity index (χ1v) is 5.57. The largest absolute Gasteiger partial charge is 0.409 e. The highest BCUT2D eigenvalue weighted by atomic mass is 16.4. The molecular weight excluding hydrogens is 194 g/mol. The predicted molar refractivity (Wildman–Crippen MR) is 58.8 cm³/mol. The molecule has 0 bridgehead atoms. The van der Waals surface area contributed by atoms with Gasteiger partial charge in [-0.25, -0.2) is 0 Å². The van der Waals surface area contributed by atoms with Crippen molar-refractivity contribution in [3.8, 4) is 0 Å². The normalized spacial score (nSPS) is 29.3. The van der Waals surface area contributed by atoms with Crippen LogP contribution in [0.25, 0.3) is 0 Å². The summed E-state index contributed by atoms with van der Waals surface area (Å²) in [5.74, 6) is 0.524. The SMILES string of the molecule is CCC(NCC1CCCC1O)C(N)=NO. The van der Waals surface area contributed by atoms with E-state index in [2.05, 4.69) is 10.5 Å². The second-order valence-electron chi connectivity index (χ2n) is 4.15. The van der Waals surface area contributed by atoms with Crippen molar-refractivity contribution in [1.29, 1.82) is 0 Å². The number of hydrogen-bond donors (Lipinski definition) is 4. The topological polar surface area (TPSA) is 90.9 Å². The summed E-state index contributed by atoms with van der Waals surface area (Å²) in [7, 11) is 0. The van der Waals surface area contributed by atoms with Gasteiger partial charge in [0.1, 0.15) is 0 Å². The molecule has 1 aliphatic rings. The summed E-state index contributed by atoms with van der Waals surface area (Å²) in [4.78, 5) is 0. The fourth-order valence-corrected chi connectivity index (χ4v) is 2.08. The highest BCUT2D eigenvalue weighted by molar-refractivity contribution is 5.85. The van der Waals surface area contributed by atoms with Gasteiger partial charge in [0.05, 0.1) is 12.1 Å². The molecule has 5 heteroatoms. The van der Waals surface area contributed by atoms with Gasteiger partial charge >= 0.3 is 0 Å². The molecule has 0 aromatic heterocycles. The van der Waals surface area contributed by atoms with Crippen LogP contribution in [0.4, 0.5) is 0 Å². The summed E-state index contributed by atoms with van der Waals surface area (Å²) >= 11 is 0. The van der Waals surface area contributed by atoms with E-state index >= 15 is 0 Å². The highest BCUT2D eigenvalue weighted by Crippen LogP contribution is 2.24. The molecule has 1 rings (SSSR count). The molecule has 5 nitrogen and oxygen atoms in total. The molecule has 0 aromatic carbocycles. The fraction of sp³-hybridized carbons (Fsp3) is 0.900. The Morgan fingerprint density at radius 3 is 2.80 bits per heavy atom. The molecule has 1 fully saturated rings. The molecule has 88 valence electrons. The first-order chi connectivity index (χ1) is 7.19. The predicted octanol–water partition coefficient (Wildman–Crippen LogP) is 0.262. The maximum absolute atomic E-state index is 9.62. The molecule has 0 aromatic rings. The average Bonchev–Trinajstić information content (AvgIpc) is 2.65. The van der Waals surface area contributed by atoms with Crippen LogP contribution in [0, 0.1) is 5.92 Å². The zero-order valence-corrected chi connectivity index (χ0v) is 9.19. The third-order valence-corrected chi connectivity index (χ3v) is 3.13. The Kier molecular flexibility index (Phi) is 4.84. The molecule has 3 unspecified atom stereocenters. The van der Waals surface area contributed by atoms with E-state index in [1.165, 1.54) is 0 Å². The Bertz CT molecular complexity index is 221. The van der Waals surface area contributed by atoms with Crippen molar-refractivity contribution in [2.24, 2.45) is 16.8 Å². The second kappa shape index (κ2) is 5.92. The number of nitrogens with one attached hydrogen (secondary N) is 1. The Balaban J connectivity index is 2.34. The van der Waals surface area contributed by atoms with E-state index in [-0.39, 0.29) is 18.0 Å². The van der Waals surface area contributed by atoms with Crippen LogP contribution < -0.4 is 11.1 Å². The summed E-state index contributed by atoms with van der Waals surface area (Å²) in [6.45, 7) is 2.71. The molecule has 3 atom stereocenters. The molecule has 5 N–H and O–H groups in total. The smallest absolute Gasteiger partial charge is 0.156 e. The fourth-order valence-electron chi connectivity index (χ4n) is 2.08. The molecule has 0 spiro atoms. The van der Waals surface area contributed by atoms with Gasteiger partial charge in [-0.3, -0.25) is 0 Å². The van der Waals surface area contributed by atoms with Crippen molar-refractivity contribution < 1.29 is 10.3 Å². The van der Waals surface area contributed by atoms with Gasteiger partial charge in [-0.15, -0.1) is 0 Å². The molecule has 0 saturated heterocycles. The number of nitrogens with two attached hydrogens (primary N) is 1. The standard InChI is InChI=1S/C10H21N3O2/c1-2-8(10(11)13-15)12-6-7-4-3-5-9(7)14/h7-9,12,14-15H,2-6H2,1H3,(H2,11,13). The van der Waals surface area contributed by atoms with Crippen molar-refractivity contribution in [2.45, 2.75) is 44.8 Å². The van der Waals surface area contributed by atoms with Crippen LogP contribution in [0.2, 0.25) is 0 Å². The van der Waals surface area contributed by atoms with E-state index in [0.717, 1.165) is 32.2 Å². The van der Waals surface area contributed by atoms with Crippen molar-refractivity contribution in [3.05, 3.63) is 0 Å². The van der Waals surface area contributed by atoms with Crippen LogP contribution in [0.1, 0.15) is 32.6 Å². The number of oxime groups is 1. The number of rotatable bonds is 5. The summed E-state index contributed by atoms with van der Waals surface area (Å²) in [5.41, 5.74) is 5.52. The molecular formula is C10H21N3O2. The van der Waals surface area contributed by atoms with E-state index in [9.17, 15) is 5.11 Å². The van der Waals surface area contributed by atoms with E-state index < -0.39 is 0 Å². The van der Waals surface area contributed by atoms with E-state index in [4.69, 9.17) is 10.9 Å². The van der Waals surface area contributed by atoms with Gasteiger partial charge in [0, 0.05) is 6.54 Å². The minimum absolute atomic E-state index is 0.0946. The molecule has 0 aliphatic heterocycles. The summed E-state index contributed by atoms with van der Waals surface area (Å²) in [6.07, 6.45) is 3.63. The van der Waals surface area contributed by atoms with Crippen LogP contribution in [0.15, 0.2) is 5.16 Å². The third kappa shape index (κ3) is 3.35. The number of aliphatic hydroxyl groups is 1. The molecule has 1 saturated carbocycles. The minimum atomic E-state index is -0.192. The first kappa shape index (κ1) is 12.3. The lowest BCUT2D eigenvalue weighted by atomic mass is 10.1. The van der Waals surface area contributed by atoms with E-state index in [1.807, 2.05) is 6.92 Å². The number of hydrogen-bond acceptors (Lipinski definition) is 4. The molecule has 0 radical (unpaired) electrons. The Hall–Kier alpha value is -0.810. The van der Waals surface area contributed by atoms with Crippen molar-refractivity contribution >= 4 is 5.84 Å². The van der Waals surface area contributed by atoms with Crippen LogP contribution in [-0.4, -0.2) is 34.8 Å². The van der Waals surface area contributed by atoms with Gasteiger partial charge in [0.15, 0.2) is 5.84 Å². The van der Waals surface area contributed by atoms with Crippen molar-refractivity contribution in [3.63, 3.8) is 0 Å². The Labute approximate surface area is 90.3 Å². The van der Waals surface area contributed by atoms with Gasteiger partial charge < -0.3 is 21.4 Å². The van der Waals surface area contributed by atoms with E-state index in [1.54, 1.807) is 0 Å². The van der Waals surface area contributed by atoms with E-state index in [0.29, 0.717) is 5.92 Å². The third-order valence-electron chi connectivity index (χ3n) is 3.13. The van der Waals surface area contributed by atoms with Gasteiger partial charge in [0.2, 0.25) is 0 Å². The highest BCUT2D eigenvalue weighted by Gasteiger charge is 2.25. The molecule has 0 heterocycles. The zero-order valence-electron chi connectivity index (χ0n) is 9.19. The van der Waals surface area contributed by atoms with Gasteiger partial charge in [-0.05, 0) is 25.2 Å². The number of aliphatic hydroxyl groups excluding tert-OH is 1. The van der Waals surface area contributed by atoms with Crippen LogP contribution in [-0.2, 0) is 0 Å². The van der Waals surface area contributed by atoms with Gasteiger partial charge in [-0.1, -0.05) is 18.5 Å². The number of nitrogens with zero attached hydrogens (tertiary/aromatic N) is 1. The maximum Gasteiger partial charge on any atom is 0.156 e. The number of amidine groups is 1. The first-order valence-electron chi connectivity index (χ1n) is 5.57. The maximum atomic E-state index is 9.62. The quantitative estimate of drug-likeness (QED) is 0.229. The van der Waals surface area contributed by atoms with Crippen LogP contribution in [0.3, 0.4) is 0 Å². The Morgan fingerprint density at radius 2 is 2.33 bits per heavy atom. The van der Waals surface area contributed by atoms with Crippen molar-refractivity contribution in [1.82, 2.24) is 5.32 Å². The average molecular weight is 215 g/mol. The van der Waals surface area contributed by atoms with Crippen molar-refractivity contribution in [2.75, 3.05) is 6.54 Å². The summed E-state index contributed by atoms with van der Waals surface area (Å²) < 4.78 is 0. The summed E-state index contributed by atoms with van der Waals surface area (Å²) in [5, 5.41) is 24.4. The van der Waals surface area contributed by atoms with Crippen LogP contribution >= 0.6 is 0 Å². The molecule has 1 aliphatic carbocycles. The zero-order chi connectivity index (χ0) is 11.3. The lowest BCUT2D eigenvalue weighted by Gasteiger charge is -2.20. The summed E-state index contributed by atoms with van der Waals surface area (Å²) in [6, 6.07) is -0.0946. The lowest BCUT2D eigenvalue weighted by Crippen LogP contribution is -2.43. The van der Waals surface area contributed by atoms with Gasteiger partial charge in [-0.2, -0.15) is 0 Å². The monoisotopic (exact) mass is 215 g/mol. The molecule has 15 heavy (non-hydrogen) atoms.